The SMILES string of the molecule is [NH]CC1COc2ccc3ccccc3c2O1. The number of benzene rings is 2. The van der Waals surface area contributed by atoms with Crippen LogP contribution >= 0.6 is 0 Å². The fourth-order valence-corrected chi connectivity index (χ4v) is 1.94. The van der Waals surface area contributed by atoms with Crippen molar-refractivity contribution in [3.63, 3.8) is 0 Å². The van der Waals surface area contributed by atoms with E-state index in [2.05, 4.69) is 0 Å². The van der Waals surface area contributed by atoms with Gasteiger partial charge in [0, 0.05) is 5.39 Å². The topological polar surface area (TPSA) is 42.3 Å². The van der Waals surface area contributed by atoms with Crippen LogP contribution in [0.2, 0.25) is 0 Å². The molecular formula is C13H12NO2. The van der Waals surface area contributed by atoms with E-state index >= 15 is 0 Å². The first-order valence-electron chi connectivity index (χ1n) is 5.34. The monoisotopic (exact) mass is 214 g/mol. The number of hydrogen-bond acceptors (Lipinski definition) is 2. The highest BCUT2D eigenvalue weighted by Crippen LogP contribution is 2.38. The molecule has 16 heavy (non-hydrogen) atoms. The van der Waals surface area contributed by atoms with Crippen molar-refractivity contribution in [3.8, 4) is 11.5 Å². The van der Waals surface area contributed by atoms with E-state index in [1.807, 2.05) is 36.4 Å². The van der Waals surface area contributed by atoms with Crippen LogP contribution in [-0.4, -0.2) is 19.3 Å². The molecule has 1 unspecified atom stereocenters. The minimum absolute atomic E-state index is 0.154. The summed E-state index contributed by atoms with van der Waals surface area (Å²) >= 11 is 0. The Kier molecular flexibility index (Phi) is 2.18. The lowest BCUT2D eigenvalue weighted by atomic mass is 10.1. The lowest BCUT2D eigenvalue weighted by Crippen LogP contribution is -2.32. The molecule has 81 valence electrons. The molecule has 0 saturated carbocycles. The average Bonchev–Trinajstić information content (AvgIpc) is 2.38. The summed E-state index contributed by atoms with van der Waals surface area (Å²) in [5, 5.41) is 2.19. The van der Waals surface area contributed by atoms with E-state index in [-0.39, 0.29) is 12.6 Å². The molecular weight excluding hydrogens is 202 g/mol. The van der Waals surface area contributed by atoms with Crippen molar-refractivity contribution >= 4 is 10.8 Å². The van der Waals surface area contributed by atoms with Crippen molar-refractivity contribution < 1.29 is 9.47 Å². The predicted molar refractivity (Wildman–Crippen MR) is 61.8 cm³/mol. The van der Waals surface area contributed by atoms with Gasteiger partial charge in [0.05, 0.1) is 6.54 Å². The van der Waals surface area contributed by atoms with Crippen LogP contribution in [0.5, 0.6) is 11.5 Å². The van der Waals surface area contributed by atoms with Gasteiger partial charge in [0.2, 0.25) is 0 Å². The highest BCUT2D eigenvalue weighted by molar-refractivity contribution is 5.90. The van der Waals surface area contributed by atoms with Gasteiger partial charge in [-0.1, -0.05) is 30.3 Å². The van der Waals surface area contributed by atoms with Gasteiger partial charge in [-0.2, -0.15) is 0 Å². The highest BCUT2D eigenvalue weighted by atomic mass is 16.6. The maximum atomic E-state index is 7.34. The number of nitrogens with one attached hydrogen (secondary N) is 1. The molecule has 1 heterocycles. The molecule has 0 bridgehead atoms. The Hall–Kier alpha value is -1.74. The lowest BCUT2D eigenvalue weighted by molar-refractivity contribution is 0.0979. The molecule has 1 aliphatic rings. The summed E-state index contributed by atoms with van der Waals surface area (Å²) in [4.78, 5) is 0. The Labute approximate surface area is 93.8 Å². The van der Waals surface area contributed by atoms with Gasteiger partial charge in [0.1, 0.15) is 12.7 Å². The van der Waals surface area contributed by atoms with Crippen LogP contribution in [0.15, 0.2) is 36.4 Å². The van der Waals surface area contributed by atoms with Gasteiger partial charge in [-0.25, -0.2) is 0 Å². The first-order chi connectivity index (χ1) is 7.88. The second-order valence-corrected chi connectivity index (χ2v) is 3.87. The van der Waals surface area contributed by atoms with Crippen LogP contribution < -0.4 is 15.2 Å². The molecule has 0 saturated heterocycles. The Morgan fingerprint density at radius 3 is 2.94 bits per heavy atom. The van der Waals surface area contributed by atoms with Crippen molar-refractivity contribution in [2.75, 3.05) is 13.2 Å². The average molecular weight is 214 g/mol. The Morgan fingerprint density at radius 2 is 2.06 bits per heavy atom. The molecule has 3 nitrogen and oxygen atoms in total. The summed E-state index contributed by atoms with van der Waals surface area (Å²) in [7, 11) is 0. The first-order valence-corrected chi connectivity index (χ1v) is 5.34. The van der Waals surface area contributed by atoms with Gasteiger partial charge in [0.25, 0.3) is 0 Å². The number of rotatable bonds is 1. The summed E-state index contributed by atoms with van der Waals surface area (Å²) in [6.07, 6.45) is -0.154. The molecule has 0 amide bonds. The van der Waals surface area contributed by atoms with Crippen molar-refractivity contribution in [1.29, 1.82) is 0 Å². The van der Waals surface area contributed by atoms with Crippen LogP contribution in [0.1, 0.15) is 0 Å². The normalized spacial score (nSPS) is 18.7. The van der Waals surface area contributed by atoms with Gasteiger partial charge in [0.15, 0.2) is 11.5 Å². The molecule has 3 heteroatoms. The summed E-state index contributed by atoms with van der Waals surface area (Å²) in [5.41, 5.74) is 7.34. The van der Waals surface area contributed by atoms with Crippen molar-refractivity contribution in [2.24, 2.45) is 0 Å². The number of ether oxygens (including phenoxy) is 2. The maximum Gasteiger partial charge on any atom is 0.169 e. The van der Waals surface area contributed by atoms with Crippen LogP contribution in [0.3, 0.4) is 0 Å². The molecule has 1 aliphatic heterocycles. The van der Waals surface area contributed by atoms with E-state index < -0.39 is 0 Å². The van der Waals surface area contributed by atoms with Gasteiger partial charge in [-0.05, 0) is 11.5 Å². The summed E-state index contributed by atoms with van der Waals surface area (Å²) < 4.78 is 11.4. The predicted octanol–water partition coefficient (Wildman–Crippen LogP) is 2.26. The molecule has 0 fully saturated rings. The molecule has 2 aromatic rings. The third kappa shape index (κ3) is 1.41. The lowest BCUT2D eigenvalue weighted by Gasteiger charge is -2.26. The Bertz CT molecular complexity index is 524. The third-order valence-corrected chi connectivity index (χ3v) is 2.78. The summed E-state index contributed by atoms with van der Waals surface area (Å²) in [5.74, 6) is 1.56. The van der Waals surface area contributed by atoms with E-state index in [1.54, 1.807) is 0 Å². The molecule has 0 aromatic heterocycles. The van der Waals surface area contributed by atoms with Gasteiger partial charge in [-0.3, -0.25) is 5.73 Å². The van der Waals surface area contributed by atoms with Crippen molar-refractivity contribution in [3.05, 3.63) is 36.4 Å². The van der Waals surface area contributed by atoms with Crippen LogP contribution in [-0.2, 0) is 0 Å². The standard InChI is InChI=1S/C13H12NO2/c14-7-10-8-15-12-6-5-9-3-1-2-4-11(9)13(12)16-10/h1-6,10,14H,7-8H2. The molecule has 2 aromatic carbocycles. The highest BCUT2D eigenvalue weighted by Gasteiger charge is 2.21. The zero-order valence-electron chi connectivity index (χ0n) is 8.77. The minimum atomic E-state index is -0.154. The molecule has 0 spiro atoms. The van der Waals surface area contributed by atoms with Crippen LogP contribution in [0.4, 0.5) is 0 Å². The number of fused-ring (bicyclic) bond motifs is 3. The zero-order valence-corrected chi connectivity index (χ0v) is 8.77. The van der Waals surface area contributed by atoms with Gasteiger partial charge in [-0.15, -0.1) is 0 Å². The van der Waals surface area contributed by atoms with E-state index in [4.69, 9.17) is 15.2 Å². The molecule has 1 radical (unpaired) electrons. The van der Waals surface area contributed by atoms with Crippen molar-refractivity contribution in [1.82, 2.24) is 5.73 Å². The molecule has 1 atom stereocenters. The second kappa shape index (κ2) is 3.68. The van der Waals surface area contributed by atoms with Crippen molar-refractivity contribution in [2.45, 2.75) is 6.10 Å². The quantitative estimate of drug-likeness (QED) is 0.730. The van der Waals surface area contributed by atoms with E-state index in [9.17, 15) is 0 Å². The summed E-state index contributed by atoms with van der Waals surface area (Å²) in [6.45, 7) is 0.692. The fraction of sp³-hybridized carbons (Fsp3) is 0.231. The minimum Gasteiger partial charge on any atom is -0.486 e. The third-order valence-electron chi connectivity index (χ3n) is 2.78. The Morgan fingerprint density at radius 1 is 1.19 bits per heavy atom. The van der Waals surface area contributed by atoms with Crippen LogP contribution in [0.25, 0.3) is 10.8 Å². The number of hydrogen-bond donors (Lipinski definition) is 0. The zero-order chi connectivity index (χ0) is 11.0. The van der Waals surface area contributed by atoms with E-state index in [0.29, 0.717) is 6.61 Å². The maximum absolute atomic E-state index is 7.34. The summed E-state index contributed by atoms with van der Waals surface area (Å²) in [6, 6.07) is 12.0. The molecule has 1 N–H and O–H groups in total. The van der Waals surface area contributed by atoms with E-state index in [0.717, 1.165) is 22.3 Å². The molecule has 3 rings (SSSR count). The second-order valence-electron chi connectivity index (χ2n) is 3.87. The molecule has 0 aliphatic carbocycles. The first kappa shape index (κ1) is 9.48. The van der Waals surface area contributed by atoms with Crippen LogP contribution in [0, 0.1) is 0 Å². The largest absolute Gasteiger partial charge is 0.486 e. The Balaban J connectivity index is 2.17. The van der Waals surface area contributed by atoms with E-state index in [1.165, 1.54) is 0 Å². The smallest absolute Gasteiger partial charge is 0.169 e. The fourth-order valence-electron chi connectivity index (χ4n) is 1.94. The van der Waals surface area contributed by atoms with Gasteiger partial charge >= 0.3 is 0 Å². The van der Waals surface area contributed by atoms with Gasteiger partial charge < -0.3 is 9.47 Å².